The highest BCUT2D eigenvalue weighted by molar-refractivity contribution is 8.02. The fraction of sp³-hybridized carbons (Fsp3) is 0.167. The number of thiazole rings is 1. The van der Waals surface area contributed by atoms with E-state index < -0.39 is 11.2 Å². The highest BCUT2D eigenvalue weighted by atomic mass is 35.5. The maximum atomic E-state index is 12.2. The van der Waals surface area contributed by atoms with Crippen LogP contribution in [0.5, 0.6) is 0 Å². The van der Waals surface area contributed by atoms with Crippen molar-refractivity contribution in [3.8, 4) is 0 Å². The molecule has 0 N–H and O–H groups in total. The molecule has 10 heteroatoms. The molecule has 0 atom stereocenters. The van der Waals surface area contributed by atoms with Crippen molar-refractivity contribution < 1.29 is 13.2 Å². The summed E-state index contributed by atoms with van der Waals surface area (Å²) in [7, 11) is 0. The quantitative estimate of drug-likeness (QED) is 0.845. The molecule has 0 bridgehead atoms. The molecule has 2 aromatic heterocycles. The van der Waals surface area contributed by atoms with E-state index in [0.717, 1.165) is 11.8 Å². The van der Waals surface area contributed by atoms with Crippen molar-refractivity contribution in [2.24, 2.45) is 0 Å². The minimum atomic E-state index is -4.45. The van der Waals surface area contributed by atoms with Crippen LogP contribution in [0.25, 0.3) is 0 Å². The lowest BCUT2D eigenvalue weighted by atomic mass is 10.7. The Hall–Kier alpha value is -0.380. The van der Waals surface area contributed by atoms with Gasteiger partial charge in [-0.2, -0.15) is 13.2 Å². The van der Waals surface area contributed by atoms with Gasteiger partial charge in [0.05, 0.1) is 6.20 Å². The van der Waals surface area contributed by atoms with Gasteiger partial charge in [0.15, 0.2) is 8.68 Å². The average Bonchev–Trinajstić information content (AvgIpc) is 2.74. The van der Waals surface area contributed by atoms with E-state index >= 15 is 0 Å². The van der Waals surface area contributed by atoms with Crippen molar-refractivity contribution in [3.63, 3.8) is 0 Å². The van der Waals surface area contributed by atoms with Crippen LogP contribution in [0.4, 0.5) is 13.2 Å². The molecule has 0 saturated carbocycles. The zero-order valence-electron chi connectivity index (χ0n) is 7.16. The molecular formula is C6HClF3N3S3. The highest BCUT2D eigenvalue weighted by Crippen LogP contribution is 2.38. The van der Waals surface area contributed by atoms with Gasteiger partial charge in [-0.1, -0.05) is 34.3 Å². The Labute approximate surface area is 105 Å². The molecule has 0 aromatic carbocycles. The average molecular weight is 304 g/mol. The van der Waals surface area contributed by atoms with Crippen LogP contribution in [0.15, 0.2) is 14.9 Å². The molecule has 2 rings (SSSR count). The van der Waals surface area contributed by atoms with Crippen molar-refractivity contribution in [1.29, 1.82) is 0 Å². The van der Waals surface area contributed by atoms with Gasteiger partial charge in [-0.3, -0.25) is 0 Å². The monoisotopic (exact) mass is 303 g/mol. The molecule has 0 spiro atoms. The van der Waals surface area contributed by atoms with Gasteiger partial charge in [0.2, 0.25) is 5.01 Å². The number of halogens is 4. The number of nitrogens with zero attached hydrogens (tertiary/aromatic N) is 3. The summed E-state index contributed by atoms with van der Waals surface area (Å²) < 4.78 is 37.8. The molecule has 0 aliphatic heterocycles. The van der Waals surface area contributed by atoms with E-state index in [4.69, 9.17) is 11.6 Å². The Bertz CT molecular complexity index is 494. The van der Waals surface area contributed by atoms with Crippen LogP contribution in [0.3, 0.4) is 0 Å². The van der Waals surface area contributed by atoms with Crippen LogP contribution < -0.4 is 0 Å². The first-order valence-corrected chi connectivity index (χ1v) is 6.48. The third-order valence-electron chi connectivity index (χ3n) is 1.28. The number of aromatic nitrogens is 3. The molecule has 0 unspecified atom stereocenters. The predicted molar refractivity (Wildman–Crippen MR) is 56.2 cm³/mol. The Morgan fingerprint density at radius 1 is 1.19 bits per heavy atom. The summed E-state index contributed by atoms with van der Waals surface area (Å²) in [4.78, 5) is 3.89. The first-order chi connectivity index (χ1) is 7.45. The molecular weight excluding hydrogens is 303 g/mol. The lowest BCUT2D eigenvalue weighted by Gasteiger charge is -1.97. The van der Waals surface area contributed by atoms with E-state index in [1.807, 2.05) is 0 Å². The summed E-state index contributed by atoms with van der Waals surface area (Å²) in [5, 5.41) is 5.52. The Kier molecular flexibility index (Phi) is 3.38. The first kappa shape index (κ1) is 12.1. The molecule has 0 aliphatic carbocycles. The van der Waals surface area contributed by atoms with Crippen LogP contribution in [0, 0.1) is 0 Å². The Morgan fingerprint density at radius 3 is 2.44 bits per heavy atom. The topological polar surface area (TPSA) is 38.7 Å². The summed E-state index contributed by atoms with van der Waals surface area (Å²) in [5.41, 5.74) is 0. The molecule has 2 aromatic rings. The van der Waals surface area contributed by atoms with Crippen LogP contribution in [-0.4, -0.2) is 15.2 Å². The third kappa shape index (κ3) is 2.84. The fourth-order valence-corrected chi connectivity index (χ4v) is 3.76. The van der Waals surface area contributed by atoms with Gasteiger partial charge in [0.1, 0.15) is 4.34 Å². The fourth-order valence-electron chi connectivity index (χ4n) is 0.727. The lowest BCUT2D eigenvalue weighted by molar-refractivity contribution is -0.138. The summed E-state index contributed by atoms with van der Waals surface area (Å²) in [5.74, 6) is 0. The van der Waals surface area contributed by atoms with Gasteiger partial charge in [-0.15, -0.1) is 10.2 Å². The zero-order valence-corrected chi connectivity index (χ0v) is 10.4. The molecule has 16 heavy (non-hydrogen) atoms. The molecule has 0 amide bonds. The van der Waals surface area contributed by atoms with Gasteiger partial charge >= 0.3 is 6.18 Å². The SMILES string of the molecule is FC(F)(F)c1nnc(Sc2ncc(Cl)s2)s1. The minimum Gasteiger partial charge on any atom is -0.236 e. The maximum absolute atomic E-state index is 12.2. The molecule has 3 nitrogen and oxygen atoms in total. The summed E-state index contributed by atoms with van der Waals surface area (Å²) in [6.45, 7) is 0. The molecule has 0 fully saturated rings. The third-order valence-corrected chi connectivity index (χ3v) is 4.49. The molecule has 86 valence electrons. The minimum absolute atomic E-state index is 0.193. The maximum Gasteiger partial charge on any atom is 0.445 e. The Balaban J connectivity index is 2.14. The highest BCUT2D eigenvalue weighted by Gasteiger charge is 2.35. The summed E-state index contributed by atoms with van der Waals surface area (Å²) >= 11 is 8.31. The smallest absolute Gasteiger partial charge is 0.236 e. The number of rotatable bonds is 2. The normalized spacial score (nSPS) is 12.0. The van der Waals surface area contributed by atoms with E-state index in [2.05, 4.69) is 15.2 Å². The first-order valence-electron chi connectivity index (χ1n) is 3.65. The Morgan fingerprint density at radius 2 is 1.94 bits per heavy atom. The predicted octanol–water partition coefficient (Wildman–Crippen LogP) is 3.82. The van der Waals surface area contributed by atoms with Gasteiger partial charge in [0, 0.05) is 0 Å². The standard InChI is InChI=1S/C6HClF3N3S3/c7-2-1-11-4(14-2)16-5-13-12-3(15-5)6(8,9)10/h1H. The van der Waals surface area contributed by atoms with Crippen molar-refractivity contribution in [1.82, 2.24) is 15.2 Å². The van der Waals surface area contributed by atoms with E-state index in [0.29, 0.717) is 20.0 Å². The molecule has 0 radical (unpaired) electrons. The largest absolute Gasteiger partial charge is 0.445 e. The number of alkyl halides is 3. The second-order valence-electron chi connectivity index (χ2n) is 2.40. The van der Waals surface area contributed by atoms with Crippen molar-refractivity contribution in [2.45, 2.75) is 14.9 Å². The molecule has 0 aliphatic rings. The van der Waals surface area contributed by atoms with Gasteiger partial charge in [0.25, 0.3) is 0 Å². The van der Waals surface area contributed by atoms with Gasteiger partial charge in [-0.25, -0.2) is 4.98 Å². The van der Waals surface area contributed by atoms with E-state index in [-0.39, 0.29) is 4.34 Å². The zero-order chi connectivity index (χ0) is 11.8. The van der Waals surface area contributed by atoms with Crippen LogP contribution in [0.1, 0.15) is 5.01 Å². The van der Waals surface area contributed by atoms with Gasteiger partial charge < -0.3 is 0 Å². The van der Waals surface area contributed by atoms with Crippen LogP contribution >= 0.6 is 46.0 Å². The number of hydrogen-bond acceptors (Lipinski definition) is 6. The van der Waals surface area contributed by atoms with Crippen LogP contribution in [-0.2, 0) is 6.18 Å². The van der Waals surface area contributed by atoms with Crippen molar-refractivity contribution in [3.05, 3.63) is 15.5 Å². The van der Waals surface area contributed by atoms with Crippen molar-refractivity contribution >= 4 is 46.0 Å². The second-order valence-corrected chi connectivity index (χ2v) is 6.54. The van der Waals surface area contributed by atoms with Crippen LogP contribution in [0.2, 0.25) is 4.34 Å². The van der Waals surface area contributed by atoms with Gasteiger partial charge in [-0.05, 0) is 11.8 Å². The van der Waals surface area contributed by atoms with Crippen molar-refractivity contribution in [2.75, 3.05) is 0 Å². The summed E-state index contributed by atoms with van der Waals surface area (Å²) in [6.07, 6.45) is -3.02. The number of hydrogen-bond donors (Lipinski definition) is 0. The lowest BCUT2D eigenvalue weighted by Crippen LogP contribution is -2.03. The van der Waals surface area contributed by atoms with E-state index in [9.17, 15) is 13.2 Å². The van der Waals surface area contributed by atoms with E-state index in [1.165, 1.54) is 17.5 Å². The van der Waals surface area contributed by atoms with E-state index in [1.54, 1.807) is 0 Å². The molecule has 0 saturated heterocycles. The second kappa shape index (κ2) is 4.47. The summed E-state index contributed by atoms with van der Waals surface area (Å²) in [6, 6.07) is 0. The molecule has 2 heterocycles.